The highest BCUT2D eigenvalue weighted by Gasteiger charge is 2.99. The summed E-state index contributed by atoms with van der Waals surface area (Å²) in [7, 11) is -9.75. The molecule has 0 amide bonds. The summed E-state index contributed by atoms with van der Waals surface area (Å²) < 4.78 is 305. The van der Waals surface area contributed by atoms with Gasteiger partial charge in [-0.15, -0.1) is 0 Å². The molecule has 0 saturated heterocycles. The van der Waals surface area contributed by atoms with Crippen molar-refractivity contribution in [1.29, 1.82) is 0 Å². The minimum Gasteiger partial charge on any atom is -0.234 e. The average Bonchev–Trinajstić information content (AvgIpc) is 2.58. The molecule has 25 heteroatoms. The zero-order valence-electron chi connectivity index (χ0n) is 14.6. The quantitative estimate of drug-likeness (QED) is 0.144. The maximum absolute atomic E-state index is 13.2. The van der Waals surface area contributed by atoms with Gasteiger partial charge in [-0.3, -0.25) is 0 Å². The van der Waals surface area contributed by atoms with Crippen LogP contribution in [0.15, 0.2) is 0 Å². The van der Waals surface area contributed by atoms with Gasteiger partial charge in [0.05, 0.1) is 0 Å². The Labute approximate surface area is 174 Å². The third kappa shape index (κ3) is 3.87. The Morgan fingerprint density at radius 1 is 0.257 bits per heavy atom. The van der Waals surface area contributed by atoms with Crippen molar-refractivity contribution in [2.24, 2.45) is 0 Å². The van der Waals surface area contributed by atoms with Crippen LogP contribution in [0.2, 0.25) is 0 Å². The van der Waals surface area contributed by atoms with Crippen molar-refractivity contribution < 1.29 is 105 Å². The van der Waals surface area contributed by atoms with E-state index in [0.29, 0.717) is 0 Å². The maximum atomic E-state index is 13.2. The van der Waals surface area contributed by atoms with Crippen molar-refractivity contribution in [1.82, 2.24) is 0 Å². The molecular formula is C10F24Si. The minimum atomic E-state index is -9.75. The van der Waals surface area contributed by atoms with Gasteiger partial charge in [0.2, 0.25) is 0 Å². The first-order valence-electron chi connectivity index (χ1n) is 7.04. The summed E-state index contributed by atoms with van der Waals surface area (Å²) in [6, 6.07) is 0. The fourth-order valence-electron chi connectivity index (χ4n) is 1.74. The van der Waals surface area contributed by atoms with Crippen LogP contribution in [-0.2, 0) is 0 Å². The van der Waals surface area contributed by atoms with Crippen LogP contribution in [0.25, 0.3) is 0 Å². The van der Waals surface area contributed by atoms with Gasteiger partial charge in [0.1, 0.15) is 0 Å². The van der Waals surface area contributed by atoms with E-state index in [1.54, 1.807) is 0 Å². The fourth-order valence-corrected chi connectivity index (χ4v) is 2.25. The van der Waals surface area contributed by atoms with Crippen LogP contribution >= 0.6 is 0 Å². The molecule has 0 radical (unpaired) electrons. The Balaban J connectivity index is 7.15. The van der Waals surface area contributed by atoms with Gasteiger partial charge in [-0.25, -0.2) is 12.3 Å². The molecule has 0 aliphatic heterocycles. The summed E-state index contributed by atoms with van der Waals surface area (Å²) in [4.78, 5) is 0. The Kier molecular flexibility index (Phi) is 7.44. The van der Waals surface area contributed by atoms with E-state index in [4.69, 9.17) is 0 Å². The van der Waals surface area contributed by atoms with Gasteiger partial charge >= 0.3 is 68.2 Å². The van der Waals surface area contributed by atoms with Crippen LogP contribution < -0.4 is 0 Å². The summed E-state index contributed by atoms with van der Waals surface area (Å²) in [5, 5.41) is 0. The predicted molar refractivity (Wildman–Crippen MR) is 59.7 cm³/mol. The van der Waals surface area contributed by atoms with Crippen molar-refractivity contribution in [2.75, 3.05) is 0 Å². The van der Waals surface area contributed by atoms with E-state index in [0.717, 1.165) is 0 Å². The molecule has 35 heavy (non-hydrogen) atoms. The lowest BCUT2D eigenvalue weighted by Gasteiger charge is -2.44. The SMILES string of the molecule is FC(F)(F)C(F)(F)C(F)(F)C(F)(F)C(F)(F)C(F)(F)C(F)(F)C(F)(F)C(F)(F)C(F)(F)[Si](F)(F)F. The van der Waals surface area contributed by atoms with Gasteiger partial charge < -0.3 is 0 Å². The van der Waals surface area contributed by atoms with Gasteiger partial charge in [0.15, 0.2) is 0 Å². The first kappa shape index (κ1) is 33.5. The number of hydrogen-bond donors (Lipinski definition) is 0. The maximum Gasteiger partial charge on any atom is 0.697 e. The van der Waals surface area contributed by atoms with Gasteiger partial charge in [0, 0.05) is 0 Å². The summed E-state index contributed by atoms with van der Waals surface area (Å²) in [6.07, 6.45) is -8.11. The molecule has 0 nitrogen and oxygen atoms in total. The monoisotopic (exact) mass is 604 g/mol. The Hall–Kier alpha value is -1.46. The molecule has 212 valence electrons. The molecule has 0 aromatic carbocycles. The molecule has 0 aromatic rings. The minimum absolute atomic E-state index is 8.11. The van der Waals surface area contributed by atoms with Crippen molar-refractivity contribution in [2.45, 2.75) is 59.1 Å². The largest absolute Gasteiger partial charge is 0.697 e. The van der Waals surface area contributed by atoms with Crippen LogP contribution in [0.1, 0.15) is 0 Å². The summed E-state index contributed by atoms with van der Waals surface area (Å²) in [5.41, 5.74) is -8.45. The zero-order valence-corrected chi connectivity index (χ0v) is 15.6. The molecule has 0 rings (SSSR count). The molecule has 0 N–H and O–H groups in total. The summed E-state index contributed by atoms with van der Waals surface area (Å²) in [5.74, 6) is -73.3. The van der Waals surface area contributed by atoms with Crippen LogP contribution in [0.3, 0.4) is 0 Å². The predicted octanol–water partition coefficient (Wildman–Crippen LogP) is 7.65. The van der Waals surface area contributed by atoms with Crippen molar-refractivity contribution in [3.8, 4) is 0 Å². The molecule has 0 atom stereocenters. The molecule has 0 unspecified atom stereocenters. The van der Waals surface area contributed by atoms with Gasteiger partial charge in [-0.05, 0) is 0 Å². The van der Waals surface area contributed by atoms with Gasteiger partial charge in [-0.1, -0.05) is 0 Å². The number of halogens is 24. The average molecular weight is 604 g/mol. The van der Waals surface area contributed by atoms with Crippen LogP contribution in [0, 0.1) is 0 Å². The lowest BCUT2D eigenvalue weighted by molar-refractivity contribution is -0.472. The van der Waals surface area contributed by atoms with E-state index in [2.05, 4.69) is 0 Å². The number of rotatable bonds is 9. The number of hydrogen-bond acceptors (Lipinski definition) is 0. The second kappa shape index (κ2) is 7.77. The second-order valence-corrected chi connectivity index (χ2v) is 7.79. The molecule has 0 heterocycles. The first-order chi connectivity index (χ1) is 14.5. The van der Waals surface area contributed by atoms with E-state index >= 15 is 0 Å². The topological polar surface area (TPSA) is 0 Å². The van der Waals surface area contributed by atoms with Gasteiger partial charge in [-0.2, -0.15) is 92.2 Å². The summed E-state index contributed by atoms with van der Waals surface area (Å²) >= 11 is 0. The second-order valence-electron chi connectivity index (χ2n) is 6.17. The Morgan fingerprint density at radius 2 is 0.429 bits per heavy atom. The molecule has 0 aliphatic carbocycles. The Morgan fingerprint density at radius 3 is 0.600 bits per heavy atom. The van der Waals surface area contributed by atoms with Crippen LogP contribution in [0.4, 0.5) is 105 Å². The van der Waals surface area contributed by atoms with Gasteiger partial charge in [0.25, 0.3) is 0 Å². The van der Waals surface area contributed by atoms with Crippen molar-refractivity contribution >= 4 is 9.08 Å². The van der Waals surface area contributed by atoms with Crippen molar-refractivity contribution in [3.05, 3.63) is 0 Å². The van der Waals surface area contributed by atoms with E-state index in [-0.39, 0.29) is 0 Å². The third-order valence-electron chi connectivity index (χ3n) is 3.87. The molecule has 0 bridgehead atoms. The standard InChI is InChI=1S/C10F24Si/c11-1(12,3(15,16)5(19,20)7(23,24)9(27,28)29)2(13,14)4(17,18)6(21,22)8(25,26)10(30,31)35(32,33)34. The third-order valence-corrected chi connectivity index (χ3v) is 4.89. The lowest BCUT2D eigenvalue weighted by atomic mass is 9.87. The summed E-state index contributed by atoms with van der Waals surface area (Å²) in [6.45, 7) is 0. The smallest absolute Gasteiger partial charge is 0.234 e. The highest BCUT2D eigenvalue weighted by molar-refractivity contribution is 6.61. The molecular weight excluding hydrogens is 604 g/mol. The fraction of sp³-hybridized carbons (Fsp3) is 1.00. The molecule has 0 fully saturated rings. The number of alkyl halides is 21. The van der Waals surface area contributed by atoms with E-state index in [9.17, 15) is 105 Å². The van der Waals surface area contributed by atoms with E-state index < -0.39 is 68.2 Å². The van der Waals surface area contributed by atoms with E-state index in [1.165, 1.54) is 0 Å². The molecule has 0 aliphatic rings. The highest BCUT2D eigenvalue weighted by Crippen LogP contribution is 2.66. The first-order valence-corrected chi connectivity index (χ1v) is 8.67. The normalized spacial score (nSPS) is 17.1. The molecule has 0 spiro atoms. The lowest BCUT2D eigenvalue weighted by Crippen LogP contribution is -2.77. The van der Waals surface area contributed by atoms with E-state index in [1.807, 2.05) is 0 Å². The van der Waals surface area contributed by atoms with Crippen LogP contribution in [0.5, 0.6) is 0 Å². The molecule has 0 aromatic heterocycles. The molecule has 0 saturated carbocycles. The van der Waals surface area contributed by atoms with Crippen molar-refractivity contribution in [3.63, 3.8) is 0 Å². The van der Waals surface area contributed by atoms with Crippen LogP contribution in [-0.4, -0.2) is 68.2 Å². The zero-order chi connectivity index (χ0) is 29.5. The Bertz CT molecular complexity index is 715. The highest BCUT2D eigenvalue weighted by atomic mass is 28.5.